The molecule has 3 heterocycles. The quantitative estimate of drug-likeness (QED) is 0.373. The number of hydrogen-bond acceptors (Lipinski definition) is 4. The highest BCUT2D eigenvalue weighted by Gasteiger charge is 2.22. The summed E-state index contributed by atoms with van der Waals surface area (Å²) < 4.78 is 3.65. The monoisotopic (exact) mass is 477 g/mol. The van der Waals surface area contributed by atoms with Crippen molar-refractivity contribution in [3.8, 4) is 0 Å². The van der Waals surface area contributed by atoms with Gasteiger partial charge in [0, 0.05) is 32.5 Å². The predicted molar refractivity (Wildman–Crippen MR) is 139 cm³/mol. The normalized spacial score (nSPS) is 13.3. The van der Waals surface area contributed by atoms with Crippen LogP contribution in [0, 0.1) is 0 Å². The van der Waals surface area contributed by atoms with Crippen LogP contribution < -0.4 is 5.56 Å². The van der Waals surface area contributed by atoms with Crippen LogP contribution in [0.1, 0.15) is 28.9 Å². The lowest BCUT2D eigenvalue weighted by Crippen LogP contribution is -2.36. The van der Waals surface area contributed by atoms with E-state index in [1.165, 1.54) is 11.1 Å². The van der Waals surface area contributed by atoms with Gasteiger partial charge in [-0.1, -0.05) is 66.7 Å². The number of rotatable bonds is 6. The first-order chi connectivity index (χ1) is 17.7. The summed E-state index contributed by atoms with van der Waals surface area (Å²) >= 11 is 0. The zero-order valence-electron chi connectivity index (χ0n) is 20.0. The number of hydrogen-bond donors (Lipinski definition) is 0. The zero-order chi connectivity index (χ0) is 24.5. The molecule has 2 aromatic heterocycles. The minimum Gasteiger partial charge on any atom is -0.338 e. The van der Waals surface area contributed by atoms with Gasteiger partial charge in [0.05, 0.1) is 10.9 Å². The van der Waals surface area contributed by atoms with Crippen LogP contribution in [0.5, 0.6) is 0 Å². The van der Waals surface area contributed by atoms with Crippen molar-refractivity contribution in [2.75, 3.05) is 6.54 Å². The number of amides is 1. The van der Waals surface area contributed by atoms with Crippen molar-refractivity contribution in [2.45, 2.75) is 38.8 Å². The molecule has 36 heavy (non-hydrogen) atoms. The number of aryl methyl sites for hydroxylation is 3. The molecule has 0 radical (unpaired) electrons. The van der Waals surface area contributed by atoms with E-state index in [4.69, 9.17) is 0 Å². The SMILES string of the molecule is O=C(CCc1nnc2n(CCc3ccccc3)c(=O)c3ccccc3n12)N1CCc2ccccc2C1. The summed E-state index contributed by atoms with van der Waals surface area (Å²) in [6, 6.07) is 26.0. The molecule has 7 heteroatoms. The van der Waals surface area contributed by atoms with Crippen LogP contribution in [0.15, 0.2) is 83.7 Å². The summed E-state index contributed by atoms with van der Waals surface area (Å²) in [4.78, 5) is 28.4. The average molecular weight is 478 g/mol. The zero-order valence-corrected chi connectivity index (χ0v) is 20.0. The summed E-state index contributed by atoms with van der Waals surface area (Å²) in [5.41, 5.74) is 4.40. The molecule has 0 saturated heterocycles. The van der Waals surface area contributed by atoms with Gasteiger partial charge in [-0.15, -0.1) is 10.2 Å². The maximum Gasteiger partial charge on any atom is 0.262 e. The van der Waals surface area contributed by atoms with Crippen molar-refractivity contribution in [2.24, 2.45) is 0 Å². The first-order valence-corrected chi connectivity index (χ1v) is 12.4. The van der Waals surface area contributed by atoms with E-state index in [1.54, 1.807) is 4.57 Å². The number of para-hydroxylation sites is 1. The lowest BCUT2D eigenvalue weighted by atomic mass is 9.99. The van der Waals surface area contributed by atoms with Gasteiger partial charge in [-0.3, -0.25) is 18.6 Å². The van der Waals surface area contributed by atoms with E-state index in [0.717, 1.165) is 24.0 Å². The molecule has 0 bridgehead atoms. The van der Waals surface area contributed by atoms with Crippen molar-refractivity contribution < 1.29 is 4.79 Å². The number of nitrogens with zero attached hydrogens (tertiary/aromatic N) is 5. The summed E-state index contributed by atoms with van der Waals surface area (Å²) in [6.07, 6.45) is 2.40. The molecule has 1 aliphatic rings. The van der Waals surface area contributed by atoms with E-state index in [2.05, 4.69) is 40.5 Å². The van der Waals surface area contributed by atoms with Crippen molar-refractivity contribution >= 4 is 22.6 Å². The molecule has 3 aromatic carbocycles. The van der Waals surface area contributed by atoms with Gasteiger partial charge in [-0.2, -0.15) is 0 Å². The smallest absolute Gasteiger partial charge is 0.262 e. The number of carbonyl (C=O) groups excluding carboxylic acids is 1. The number of carbonyl (C=O) groups is 1. The van der Waals surface area contributed by atoms with Crippen molar-refractivity contribution in [3.63, 3.8) is 0 Å². The Balaban J connectivity index is 1.29. The van der Waals surface area contributed by atoms with Gasteiger partial charge in [0.25, 0.3) is 5.56 Å². The standard InChI is InChI=1S/C29H27N5O2/c35-27(32-18-17-22-10-4-5-11-23(22)20-32)15-14-26-30-31-29-33(19-16-21-8-2-1-3-9-21)28(36)24-12-6-7-13-25(24)34(26)29/h1-13H,14-20H2. The summed E-state index contributed by atoms with van der Waals surface area (Å²) in [7, 11) is 0. The predicted octanol–water partition coefficient (Wildman–Crippen LogP) is 3.80. The molecule has 0 spiro atoms. The molecule has 5 aromatic rings. The second-order valence-electron chi connectivity index (χ2n) is 9.30. The summed E-state index contributed by atoms with van der Waals surface area (Å²) in [5, 5.41) is 9.47. The number of aromatic nitrogens is 4. The Labute approximate surface area is 208 Å². The lowest BCUT2D eigenvalue weighted by Gasteiger charge is -2.28. The third-order valence-corrected chi connectivity index (χ3v) is 7.09. The molecule has 180 valence electrons. The van der Waals surface area contributed by atoms with E-state index in [1.807, 2.05) is 57.8 Å². The third kappa shape index (κ3) is 4.06. The van der Waals surface area contributed by atoms with Crippen LogP contribution in [-0.4, -0.2) is 36.5 Å². The first-order valence-electron chi connectivity index (χ1n) is 12.4. The van der Waals surface area contributed by atoms with E-state index in [0.29, 0.717) is 49.3 Å². The molecule has 0 unspecified atom stereocenters. The fourth-order valence-electron chi connectivity index (χ4n) is 5.15. The Bertz CT molecular complexity index is 1620. The van der Waals surface area contributed by atoms with E-state index in [9.17, 15) is 9.59 Å². The van der Waals surface area contributed by atoms with E-state index >= 15 is 0 Å². The highest BCUT2D eigenvalue weighted by molar-refractivity contribution is 5.80. The Morgan fingerprint density at radius 2 is 1.58 bits per heavy atom. The van der Waals surface area contributed by atoms with E-state index < -0.39 is 0 Å². The molecular formula is C29H27N5O2. The molecule has 0 atom stereocenters. The Morgan fingerprint density at radius 1 is 0.833 bits per heavy atom. The fourth-order valence-corrected chi connectivity index (χ4v) is 5.15. The minimum absolute atomic E-state index is 0.0731. The van der Waals surface area contributed by atoms with Crippen LogP contribution in [0.2, 0.25) is 0 Å². The van der Waals surface area contributed by atoms with Gasteiger partial charge in [-0.05, 0) is 41.7 Å². The Kier molecular flexibility index (Phi) is 5.81. The molecule has 1 aliphatic heterocycles. The molecule has 0 aliphatic carbocycles. The van der Waals surface area contributed by atoms with Gasteiger partial charge in [0.2, 0.25) is 11.7 Å². The van der Waals surface area contributed by atoms with Crippen LogP contribution in [-0.2, 0) is 37.1 Å². The van der Waals surface area contributed by atoms with Crippen molar-refractivity contribution in [1.29, 1.82) is 0 Å². The maximum absolute atomic E-state index is 13.4. The largest absolute Gasteiger partial charge is 0.338 e. The van der Waals surface area contributed by atoms with Gasteiger partial charge < -0.3 is 4.90 Å². The van der Waals surface area contributed by atoms with Crippen molar-refractivity contribution in [1.82, 2.24) is 24.1 Å². The summed E-state index contributed by atoms with van der Waals surface area (Å²) in [5.74, 6) is 1.33. The average Bonchev–Trinajstić information content (AvgIpc) is 3.36. The molecule has 0 N–H and O–H groups in total. The molecule has 6 rings (SSSR count). The van der Waals surface area contributed by atoms with Gasteiger partial charge >= 0.3 is 0 Å². The second kappa shape index (κ2) is 9.41. The maximum atomic E-state index is 13.4. The second-order valence-corrected chi connectivity index (χ2v) is 9.30. The first kappa shape index (κ1) is 22.2. The molecule has 1 amide bonds. The highest BCUT2D eigenvalue weighted by Crippen LogP contribution is 2.20. The highest BCUT2D eigenvalue weighted by atomic mass is 16.2. The Hall–Kier alpha value is -4.26. The number of fused-ring (bicyclic) bond motifs is 4. The van der Waals surface area contributed by atoms with Crippen LogP contribution in [0.3, 0.4) is 0 Å². The molecule has 7 nitrogen and oxygen atoms in total. The van der Waals surface area contributed by atoms with Crippen LogP contribution >= 0.6 is 0 Å². The van der Waals surface area contributed by atoms with Gasteiger partial charge in [0.1, 0.15) is 5.82 Å². The fraction of sp³-hybridized carbons (Fsp3) is 0.241. The Morgan fingerprint density at radius 3 is 2.44 bits per heavy atom. The molecule has 0 saturated carbocycles. The van der Waals surface area contributed by atoms with Crippen molar-refractivity contribution in [3.05, 3.63) is 112 Å². The minimum atomic E-state index is -0.0731. The number of benzene rings is 3. The van der Waals surface area contributed by atoms with Gasteiger partial charge in [-0.25, -0.2) is 0 Å². The van der Waals surface area contributed by atoms with Crippen LogP contribution in [0.25, 0.3) is 16.7 Å². The lowest BCUT2D eigenvalue weighted by molar-refractivity contribution is -0.132. The topological polar surface area (TPSA) is 72.5 Å². The molecule has 0 fully saturated rings. The summed E-state index contributed by atoms with van der Waals surface area (Å²) in [6.45, 7) is 1.89. The third-order valence-electron chi connectivity index (χ3n) is 7.09. The van der Waals surface area contributed by atoms with Crippen LogP contribution in [0.4, 0.5) is 0 Å². The van der Waals surface area contributed by atoms with Gasteiger partial charge in [0.15, 0.2) is 0 Å². The molecular weight excluding hydrogens is 450 g/mol. The van der Waals surface area contributed by atoms with E-state index in [-0.39, 0.29) is 11.5 Å².